The smallest absolute Gasteiger partial charge is 0.319 e. The van der Waals surface area contributed by atoms with Gasteiger partial charge in [0.1, 0.15) is 5.82 Å². The molecule has 0 aromatic heterocycles. The zero-order valence-corrected chi connectivity index (χ0v) is 11.0. The molecule has 1 rings (SSSR count). The Bertz CT molecular complexity index is 405. The predicted molar refractivity (Wildman–Crippen MR) is 70.9 cm³/mol. The summed E-state index contributed by atoms with van der Waals surface area (Å²) in [5, 5.41) is 5.48. The van der Waals surface area contributed by atoms with Crippen LogP contribution in [-0.4, -0.2) is 18.1 Å². The van der Waals surface area contributed by atoms with Crippen LogP contribution >= 0.6 is 0 Å². The highest BCUT2D eigenvalue weighted by atomic mass is 19.1. The number of hydrogen-bond acceptors (Lipinski definition) is 2. The standard InChI is InChI=1S/C13H20FN3O/c1-9(2)13(3,8-15)17-12(18)16-11-6-4-10(14)5-7-11/h4-7,9H,8,15H2,1-3H3,(H2,16,17,18). The van der Waals surface area contributed by atoms with Gasteiger partial charge >= 0.3 is 6.03 Å². The van der Waals surface area contributed by atoms with Gasteiger partial charge in [0.2, 0.25) is 0 Å². The van der Waals surface area contributed by atoms with Crippen molar-refractivity contribution in [2.75, 3.05) is 11.9 Å². The molecule has 1 atom stereocenters. The number of urea groups is 1. The van der Waals surface area contributed by atoms with Crippen molar-refractivity contribution in [1.29, 1.82) is 0 Å². The fourth-order valence-electron chi connectivity index (χ4n) is 1.39. The quantitative estimate of drug-likeness (QED) is 0.771. The van der Waals surface area contributed by atoms with Crippen LogP contribution in [0.4, 0.5) is 14.9 Å². The first-order chi connectivity index (χ1) is 8.37. The molecule has 4 N–H and O–H groups in total. The van der Waals surface area contributed by atoms with Gasteiger partial charge in [0.25, 0.3) is 0 Å². The average molecular weight is 253 g/mol. The highest BCUT2D eigenvalue weighted by molar-refractivity contribution is 5.89. The summed E-state index contributed by atoms with van der Waals surface area (Å²) >= 11 is 0. The van der Waals surface area contributed by atoms with Crippen LogP contribution in [0.15, 0.2) is 24.3 Å². The lowest BCUT2D eigenvalue weighted by Gasteiger charge is -2.33. The van der Waals surface area contributed by atoms with Gasteiger partial charge in [-0.25, -0.2) is 9.18 Å². The van der Waals surface area contributed by atoms with Crippen molar-refractivity contribution < 1.29 is 9.18 Å². The highest BCUT2D eigenvalue weighted by Gasteiger charge is 2.28. The van der Waals surface area contributed by atoms with E-state index in [2.05, 4.69) is 10.6 Å². The molecular weight excluding hydrogens is 233 g/mol. The SMILES string of the molecule is CC(C)C(C)(CN)NC(=O)Nc1ccc(F)cc1. The zero-order chi connectivity index (χ0) is 13.8. The molecule has 5 heteroatoms. The molecule has 0 saturated carbocycles. The summed E-state index contributed by atoms with van der Waals surface area (Å²) in [4.78, 5) is 11.8. The molecule has 0 radical (unpaired) electrons. The van der Waals surface area contributed by atoms with Crippen molar-refractivity contribution in [3.05, 3.63) is 30.1 Å². The van der Waals surface area contributed by atoms with E-state index in [9.17, 15) is 9.18 Å². The number of carbonyl (C=O) groups excluding carboxylic acids is 1. The first-order valence-corrected chi connectivity index (χ1v) is 5.92. The number of benzene rings is 1. The second kappa shape index (κ2) is 5.82. The molecule has 1 unspecified atom stereocenters. The molecule has 0 aliphatic carbocycles. The third-order valence-electron chi connectivity index (χ3n) is 3.20. The Kier molecular flexibility index (Phi) is 4.67. The van der Waals surface area contributed by atoms with Crippen molar-refractivity contribution in [3.63, 3.8) is 0 Å². The topological polar surface area (TPSA) is 67.1 Å². The number of carbonyl (C=O) groups is 1. The van der Waals surface area contributed by atoms with Crippen molar-refractivity contribution >= 4 is 11.7 Å². The number of nitrogens with two attached hydrogens (primary N) is 1. The number of nitrogens with one attached hydrogen (secondary N) is 2. The number of rotatable bonds is 4. The predicted octanol–water partition coefficient (Wildman–Crippen LogP) is 2.32. The maximum Gasteiger partial charge on any atom is 0.319 e. The van der Waals surface area contributed by atoms with Gasteiger partial charge in [0, 0.05) is 12.2 Å². The third kappa shape index (κ3) is 3.70. The van der Waals surface area contributed by atoms with Gasteiger partial charge in [-0.05, 0) is 37.1 Å². The Morgan fingerprint density at radius 1 is 1.39 bits per heavy atom. The molecule has 1 aromatic carbocycles. The van der Waals surface area contributed by atoms with Gasteiger partial charge in [0.05, 0.1) is 5.54 Å². The molecule has 0 fully saturated rings. The fraction of sp³-hybridized carbons (Fsp3) is 0.462. The molecular formula is C13H20FN3O. The van der Waals surface area contributed by atoms with Crippen LogP contribution in [0.1, 0.15) is 20.8 Å². The summed E-state index contributed by atoms with van der Waals surface area (Å²) in [5.74, 6) is -0.128. The van der Waals surface area contributed by atoms with Crippen LogP contribution in [0.5, 0.6) is 0 Å². The van der Waals surface area contributed by atoms with E-state index in [1.54, 1.807) is 0 Å². The van der Waals surface area contributed by atoms with Crippen LogP contribution in [0.2, 0.25) is 0 Å². The van der Waals surface area contributed by atoms with Crippen LogP contribution in [-0.2, 0) is 0 Å². The maximum atomic E-state index is 12.7. The monoisotopic (exact) mass is 253 g/mol. The third-order valence-corrected chi connectivity index (χ3v) is 3.20. The van der Waals surface area contributed by atoms with Crippen molar-refractivity contribution in [1.82, 2.24) is 5.32 Å². The van der Waals surface area contributed by atoms with E-state index in [0.29, 0.717) is 12.2 Å². The minimum atomic E-state index is -0.468. The Morgan fingerprint density at radius 2 is 1.94 bits per heavy atom. The minimum Gasteiger partial charge on any atom is -0.331 e. The molecule has 0 bridgehead atoms. The van der Waals surface area contributed by atoms with E-state index >= 15 is 0 Å². The van der Waals surface area contributed by atoms with Crippen LogP contribution in [0.3, 0.4) is 0 Å². The molecule has 0 heterocycles. The van der Waals surface area contributed by atoms with Gasteiger partial charge in [-0.15, -0.1) is 0 Å². The van der Waals surface area contributed by atoms with Crippen LogP contribution < -0.4 is 16.4 Å². The zero-order valence-electron chi connectivity index (χ0n) is 11.0. The summed E-state index contributed by atoms with van der Waals surface area (Å²) in [7, 11) is 0. The highest BCUT2D eigenvalue weighted by Crippen LogP contribution is 2.15. The van der Waals surface area contributed by atoms with E-state index in [4.69, 9.17) is 5.73 Å². The second-order valence-corrected chi connectivity index (χ2v) is 4.86. The molecule has 0 saturated heterocycles. The summed E-state index contributed by atoms with van der Waals surface area (Å²) in [5.41, 5.74) is 5.75. The van der Waals surface area contributed by atoms with E-state index in [-0.39, 0.29) is 17.8 Å². The van der Waals surface area contributed by atoms with Gasteiger partial charge in [-0.3, -0.25) is 0 Å². The van der Waals surface area contributed by atoms with Gasteiger partial charge in [-0.2, -0.15) is 0 Å². The lowest BCUT2D eigenvalue weighted by atomic mass is 9.89. The lowest BCUT2D eigenvalue weighted by molar-refractivity contribution is 0.225. The summed E-state index contributed by atoms with van der Waals surface area (Å²) in [6.07, 6.45) is 0. The molecule has 1 aromatic rings. The fourth-order valence-corrected chi connectivity index (χ4v) is 1.39. The molecule has 100 valence electrons. The normalized spacial score (nSPS) is 14.1. The molecule has 18 heavy (non-hydrogen) atoms. The molecule has 4 nitrogen and oxygen atoms in total. The number of halogens is 1. The van der Waals surface area contributed by atoms with Crippen molar-refractivity contribution in [3.8, 4) is 0 Å². The maximum absolute atomic E-state index is 12.7. The Labute approximate surface area is 107 Å². The Balaban J connectivity index is 2.64. The van der Waals surface area contributed by atoms with Crippen LogP contribution in [0.25, 0.3) is 0 Å². The summed E-state index contributed by atoms with van der Waals surface area (Å²) < 4.78 is 12.7. The lowest BCUT2D eigenvalue weighted by Crippen LogP contribution is -2.56. The van der Waals surface area contributed by atoms with Crippen LogP contribution in [0, 0.1) is 11.7 Å². The number of anilines is 1. The van der Waals surface area contributed by atoms with E-state index in [1.165, 1.54) is 24.3 Å². The first-order valence-electron chi connectivity index (χ1n) is 5.92. The van der Waals surface area contributed by atoms with Gasteiger partial charge in [0.15, 0.2) is 0 Å². The largest absolute Gasteiger partial charge is 0.331 e. The van der Waals surface area contributed by atoms with E-state index in [0.717, 1.165) is 0 Å². The molecule has 2 amide bonds. The van der Waals surface area contributed by atoms with Crippen molar-refractivity contribution in [2.45, 2.75) is 26.3 Å². The molecule has 0 spiro atoms. The Hall–Kier alpha value is -1.62. The first kappa shape index (κ1) is 14.4. The Morgan fingerprint density at radius 3 is 2.39 bits per heavy atom. The molecule has 0 aliphatic heterocycles. The summed E-state index contributed by atoms with van der Waals surface area (Å²) in [6, 6.07) is 5.25. The van der Waals surface area contributed by atoms with Gasteiger partial charge < -0.3 is 16.4 Å². The molecule has 0 aliphatic rings. The summed E-state index contributed by atoms with van der Waals surface area (Å²) in [6.45, 7) is 6.22. The van der Waals surface area contributed by atoms with E-state index < -0.39 is 5.54 Å². The number of amides is 2. The average Bonchev–Trinajstić information content (AvgIpc) is 2.31. The van der Waals surface area contributed by atoms with Crippen molar-refractivity contribution in [2.24, 2.45) is 11.7 Å². The number of hydrogen-bond donors (Lipinski definition) is 3. The van der Waals surface area contributed by atoms with Gasteiger partial charge in [-0.1, -0.05) is 13.8 Å². The second-order valence-electron chi connectivity index (χ2n) is 4.86. The van der Waals surface area contributed by atoms with E-state index in [1.807, 2.05) is 20.8 Å². The minimum absolute atomic E-state index is 0.210.